The number of nitrogens with one attached hydrogen (secondary N) is 2. The number of rotatable bonds is 5. The highest BCUT2D eigenvalue weighted by Gasteiger charge is 2.10. The van der Waals surface area contributed by atoms with Gasteiger partial charge in [-0.15, -0.1) is 0 Å². The van der Waals surface area contributed by atoms with Crippen LogP contribution in [0, 0.1) is 6.92 Å². The number of aromatic nitrogens is 2. The molecule has 6 nitrogen and oxygen atoms in total. The van der Waals surface area contributed by atoms with Gasteiger partial charge in [0.15, 0.2) is 0 Å². The van der Waals surface area contributed by atoms with Crippen LogP contribution in [0.25, 0.3) is 0 Å². The number of aromatic amines is 1. The predicted molar refractivity (Wildman–Crippen MR) is 78.5 cm³/mol. The van der Waals surface area contributed by atoms with Crippen LogP contribution in [0.2, 0.25) is 0 Å². The summed E-state index contributed by atoms with van der Waals surface area (Å²) in [5, 5.41) is 2.74. The number of nitrogens with zero attached hydrogens (tertiary/aromatic N) is 1. The SMILES string of the molecule is Cc1cc(C(=O)NCC(C)Oc2cccnc2)cc(=O)[nH]1. The van der Waals surface area contributed by atoms with Crippen LogP contribution < -0.4 is 15.6 Å². The summed E-state index contributed by atoms with van der Waals surface area (Å²) >= 11 is 0. The molecule has 6 heteroatoms. The van der Waals surface area contributed by atoms with E-state index in [1.807, 2.05) is 6.92 Å². The molecule has 0 aliphatic rings. The smallest absolute Gasteiger partial charge is 0.251 e. The fraction of sp³-hybridized carbons (Fsp3) is 0.267. The third-order valence-corrected chi connectivity index (χ3v) is 2.76. The molecule has 0 saturated heterocycles. The Morgan fingerprint density at radius 3 is 2.95 bits per heavy atom. The molecule has 1 atom stereocenters. The van der Waals surface area contributed by atoms with E-state index < -0.39 is 0 Å². The Hall–Kier alpha value is -2.63. The highest BCUT2D eigenvalue weighted by atomic mass is 16.5. The second kappa shape index (κ2) is 6.69. The van der Waals surface area contributed by atoms with Crippen LogP contribution >= 0.6 is 0 Å². The molecule has 0 aromatic carbocycles. The van der Waals surface area contributed by atoms with Crippen molar-refractivity contribution < 1.29 is 9.53 Å². The summed E-state index contributed by atoms with van der Waals surface area (Å²) in [6.07, 6.45) is 3.06. The van der Waals surface area contributed by atoms with E-state index in [-0.39, 0.29) is 17.6 Å². The number of amides is 1. The van der Waals surface area contributed by atoms with E-state index in [2.05, 4.69) is 15.3 Å². The van der Waals surface area contributed by atoms with Gasteiger partial charge in [0, 0.05) is 23.5 Å². The molecule has 0 aliphatic heterocycles. The number of pyridine rings is 2. The summed E-state index contributed by atoms with van der Waals surface area (Å²) < 4.78 is 5.60. The lowest BCUT2D eigenvalue weighted by Crippen LogP contribution is -2.34. The van der Waals surface area contributed by atoms with Crippen LogP contribution in [-0.2, 0) is 0 Å². The van der Waals surface area contributed by atoms with Gasteiger partial charge in [-0.3, -0.25) is 14.6 Å². The first kappa shape index (κ1) is 14.8. The first-order valence-corrected chi connectivity index (χ1v) is 6.60. The summed E-state index contributed by atoms with van der Waals surface area (Å²) in [4.78, 5) is 29.8. The van der Waals surface area contributed by atoms with Gasteiger partial charge in [-0.25, -0.2) is 0 Å². The highest BCUT2D eigenvalue weighted by molar-refractivity contribution is 5.94. The molecule has 2 aromatic rings. The zero-order chi connectivity index (χ0) is 15.2. The van der Waals surface area contributed by atoms with E-state index in [9.17, 15) is 9.59 Å². The topological polar surface area (TPSA) is 84.1 Å². The zero-order valence-electron chi connectivity index (χ0n) is 11.9. The van der Waals surface area contributed by atoms with E-state index in [0.717, 1.165) is 0 Å². The van der Waals surface area contributed by atoms with E-state index in [1.165, 1.54) is 6.07 Å². The molecular formula is C15H17N3O3. The first-order valence-electron chi connectivity index (χ1n) is 6.60. The molecule has 2 aromatic heterocycles. The Bertz CT molecular complexity index is 667. The van der Waals surface area contributed by atoms with E-state index in [0.29, 0.717) is 23.6 Å². The summed E-state index contributed by atoms with van der Waals surface area (Å²) in [5.74, 6) is 0.345. The Morgan fingerprint density at radius 1 is 1.48 bits per heavy atom. The van der Waals surface area contributed by atoms with Crippen LogP contribution in [0.1, 0.15) is 23.0 Å². The van der Waals surface area contributed by atoms with Crippen molar-refractivity contribution in [1.82, 2.24) is 15.3 Å². The molecule has 2 heterocycles. The predicted octanol–water partition coefficient (Wildman–Crippen LogP) is 1.28. The molecule has 1 unspecified atom stereocenters. The van der Waals surface area contributed by atoms with Crippen LogP contribution in [0.15, 0.2) is 41.5 Å². The van der Waals surface area contributed by atoms with Crippen molar-refractivity contribution in [3.05, 3.63) is 58.3 Å². The van der Waals surface area contributed by atoms with Crippen molar-refractivity contribution in [2.45, 2.75) is 20.0 Å². The molecule has 0 saturated carbocycles. The first-order chi connectivity index (χ1) is 10.0. The van der Waals surface area contributed by atoms with Crippen LogP contribution in [-0.4, -0.2) is 28.5 Å². The highest BCUT2D eigenvalue weighted by Crippen LogP contribution is 2.08. The fourth-order valence-corrected chi connectivity index (χ4v) is 1.84. The maximum atomic E-state index is 12.0. The third-order valence-electron chi connectivity index (χ3n) is 2.76. The van der Waals surface area contributed by atoms with Crippen molar-refractivity contribution in [2.24, 2.45) is 0 Å². The third kappa shape index (κ3) is 4.45. The summed E-state index contributed by atoms with van der Waals surface area (Å²) in [6, 6.07) is 6.48. The number of hydrogen-bond donors (Lipinski definition) is 2. The molecule has 0 bridgehead atoms. The van der Waals surface area contributed by atoms with Crippen molar-refractivity contribution in [2.75, 3.05) is 6.54 Å². The van der Waals surface area contributed by atoms with E-state index >= 15 is 0 Å². The van der Waals surface area contributed by atoms with Gasteiger partial charge in [0.2, 0.25) is 5.56 Å². The lowest BCUT2D eigenvalue weighted by atomic mass is 10.2. The zero-order valence-corrected chi connectivity index (χ0v) is 11.9. The molecule has 21 heavy (non-hydrogen) atoms. The van der Waals surface area contributed by atoms with Gasteiger partial charge in [0.05, 0.1) is 12.7 Å². The molecule has 0 fully saturated rings. The van der Waals surface area contributed by atoms with Gasteiger partial charge in [-0.1, -0.05) is 0 Å². The molecular weight excluding hydrogens is 270 g/mol. The normalized spacial score (nSPS) is 11.7. The molecule has 2 N–H and O–H groups in total. The van der Waals surface area contributed by atoms with E-state index in [4.69, 9.17) is 4.74 Å². The summed E-state index contributed by atoms with van der Waals surface area (Å²) in [5.41, 5.74) is 0.692. The monoisotopic (exact) mass is 287 g/mol. The minimum atomic E-state index is -0.300. The molecule has 0 radical (unpaired) electrons. The molecule has 0 spiro atoms. The molecule has 1 amide bonds. The quantitative estimate of drug-likeness (QED) is 0.867. The number of hydrogen-bond acceptors (Lipinski definition) is 4. The fourth-order valence-electron chi connectivity index (χ4n) is 1.84. The van der Waals surface area contributed by atoms with E-state index in [1.54, 1.807) is 37.5 Å². The average Bonchev–Trinajstić information content (AvgIpc) is 2.45. The minimum absolute atomic E-state index is 0.207. The summed E-state index contributed by atoms with van der Waals surface area (Å²) in [7, 11) is 0. The largest absolute Gasteiger partial charge is 0.487 e. The second-order valence-electron chi connectivity index (χ2n) is 4.74. The lowest BCUT2D eigenvalue weighted by Gasteiger charge is -2.15. The second-order valence-corrected chi connectivity index (χ2v) is 4.74. The van der Waals surface area contributed by atoms with Gasteiger partial charge < -0.3 is 15.0 Å². The van der Waals surface area contributed by atoms with Gasteiger partial charge in [-0.05, 0) is 32.0 Å². The van der Waals surface area contributed by atoms with Crippen molar-refractivity contribution in [3.8, 4) is 5.75 Å². The van der Waals surface area contributed by atoms with Crippen LogP contribution in [0.5, 0.6) is 5.75 Å². The number of carbonyl (C=O) groups is 1. The van der Waals surface area contributed by atoms with Crippen molar-refractivity contribution >= 4 is 5.91 Å². The van der Waals surface area contributed by atoms with Gasteiger partial charge in [0.1, 0.15) is 11.9 Å². The number of carbonyl (C=O) groups excluding carboxylic acids is 1. The average molecular weight is 287 g/mol. The van der Waals surface area contributed by atoms with Crippen molar-refractivity contribution in [1.29, 1.82) is 0 Å². The Balaban J connectivity index is 1.90. The number of aryl methyl sites for hydroxylation is 1. The lowest BCUT2D eigenvalue weighted by molar-refractivity contribution is 0.0932. The Kier molecular flexibility index (Phi) is 4.71. The Morgan fingerprint density at radius 2 is 2.29 bits per heavy atom. The number of H-pyrrole nitrogens is 1. The van der Waals surface area contributed by atoms with Crippen LogP contribution in [0.3, 0.4) is 0 Å². The maximum Gasteiger partial charge on any atom is 0.251 e. The molecule has 0 aliphatic carbocycles. The van der Waals surface area contributed by atoms with Gasteiger partial charge in [0.25, 0.3) is 5.91 Å². The van der Waals surface area contributed by atoms with Crippen LogP contribution in [0.4, 0.5) is 0 Å². The molecule has 2 rings (SSSR count). The van der Waals surface area contributed by atoms with Gasteiger partial charge in [-0.2, -0.15) is 0 Å². The maximum absolute atomic E-state index is 12.0. The molecule has 110 valence electrons. The standard InChI is InChI=1S/C15H17N3O3/c1-10-6-12(7-14(19)18-10)15(20)17-8-11(2)21-13-4-3-5-16-9-13/h3-7,9,11H,8H2,1-2H3,(H,17,20)(H,18,19). The Labute approximate surface area is 122 Å². The minimum Gasteiger partial charge on any atom is -0.487 e. The van der Waals surface area contributed by atoms with Crippen molar-refractivity contribution in [3.63, 3.8) is 0 Å². The number of ether oxygens (including phenoxy) is 1. The summed E-state index contributed by atoms with van der Waals surface area (Å²) in [6.45, 7) is 3.90. The van der Waals surface area contributed by atoms with Gasteiger partial charge >= 0.3 is 0 Å².